The van der Waals surface area contributed by atoms with Crippen molar-refractivity contribution in [2.24, 2.45) is 0 Å². The second kappa shape index (κ2) is 7.83. The van der Waals surface area contributed by atoms with E-state index in [0.717, 1.165) is 5.56 Å². The number of methoxy groups -OCH3 is 2. The molecule has 0 atom stereocenters. The van der Waals surface area contributed by atoms with Gasteiger partial charge in [0.25, 0.3) is 0 Å². The number of ether oxygens (including phenoxy) is 2. The summed E-state index contributed by atoms with van der Waals surface area (Å²) in [5, 5.41) is 2.04. The van der Waals surface area contributed by atoms with Crippen molar-refractivity contribution in [2.45, 2.75) is 13.5 Å². The number of rotatable bonds is 6. The van der Waals surface area contributed by atoms with E-state index in [2.05, 4.69) is 13.0 Å². The molecule has 0 saturated carbocycles. The first-order chi connectivity index (χ1) is 11.0. The van der Waals surface area contributed by atoms with Crippen LogP contribution in [0.4, 0.5) is 0 Å². The van der Waals surface area contributed by atoms with E-state index in [0.29, 0.717) is 18.0 Å². The van der Waals surface area contributed by atoms with E-state index >= 15 is 0 Å². The minimum Gasteiger partial charge on any atom is -0.497 e. The van der Waals surface area contributed by atoms with Crippen LogP contribution in [0.25, 0.3) is 6.08 Å². The molecule has 0 radical (unpaired) electrons. The predicted octanol–water partition coefficient (Wildman–Crippen LogP) is 3.75. The van der Waals surface area contributed by atoms with Gasteiger partial charge in [0.2, 0.25) is 5.91 Å². The molecule has 122 valence electrons. The third-order valence-corrected chi connectivity index (χ3v) is 4.53. The number of benzene rings is 1. The molecule has 4 nitrogen and oxygen atoms in total. The lowest BCUT2D eigenvalue weighted by Gasteiger charge is -2.14. The molecule has 1 aromatic heterocycles. The number of carbonyl (C=O) groups excluding carboxylic acids is 1. The van der Waals surface area contributed by atoms with Crippen LogP contribution in [0.15, 0.2) is 35.7 Å². The Morgan fingerprint density at radius 2 is 1.87 bits per heavy atom. The van der Waals surface area contributed by atoms with Crippen molar-refractivity contribution < 1.29 is 14.3 Å². The molecule has 1 amide bonds. The van der Waals surface area contributed by atoms with Crippen molar-refractivity contribution in [3.8, 4) is 11.5 Å². The third kappa shape index (κ3) is 4.60. The number of aryl methyl sites for hydroxylation is 1. The summed E-state index contributed by atoms with van der Waals surface area (Å²) in [5.74, 6) is 1.35. The topological polar surface area (TPSA) is 38.8 Å². The second-order valence-electron chi connectivity index (χ2n) is 5.20. The molecule has 0 aliphatic rings. The van der Waals surface area contributed by atoms with Crippen LogP contribution in [0.2, 0.25) is 0 Å². The number of nitrogens with zero attached hydrogens (tertiary/aromatic N) is 1. The Balaban J connectivity index is 2.07. The van der Waals surface area contributed by atoms with E-state index in [1.54, 1.807) is 55.7 Å². The molecule has 2 aromatic rings. The monoisotopic (exact) mass is 331 g/mol. The van der Waals surface area contributed by atoms with Gasteiger partial charge in [0, 0.05) is 24.1 Å². The maximum absolute atomic E-state index is 12.2. The SMILES string of the molecule is COc1cc(/C=C/C(=O)N(C)Cc2sccc2C)cc(OC)c1. The fraction of sp³-hybridized carbons (Fsp3) is 0.278. The fourth-order valence-corrected chi connectivity index (χ4v) is 3.04. The van der Waals surface area contributed by atoms with Gasteiger partial charge >= 0.3 is 0 Å². The average molecular weight is 331 g/mol. The lowest BCUT2D eigenvalue weighted by molar-refractivity contribution is -0.125. The van der Waals surface area contributed by atoms with Gasteiger partial charge in [-0.1, -0.05) is 0 Å². The van der Waals surface area contributed by atoms with Crippen molar-refractivity contribution >= 4 is 23.3 Å². The zero-order chi connectivity index (χ0) is 16.8. The Morgan fingerprint density at radius 1 is 1.22 bits per heavy atom. The molecule has 0 fully saturated rings. The Labute approximate surface area is 141 Å². The zero-order valence-corrected chi connectivity index (χ0v) is 14.6. The molecular formula is C18H21NO3S. The summed E-state index contributed by atoms with van der Waals surface area (Å²) in [6.07, 6.45) is 3.34. The summed E-state index contributed by atoms with van der Waals surface area (Å²) >= 11 is 1.67. The van der Waals surface area contributed by atoms with E-state index < -0.39 is 0 Å². The number of thiophene rings is 1. The molecule has 0 unspecified atom stereocenters. The minimum atomic E-state index is -0.0420. The molecule has 5 heteroatoms. The van der Waals surface area contributed by atoms with E-state index in [9.17, 15) is 4.79 Å². The van der Waals surface area contributed by atoms with Crippen molar-refractivity contribution in [3.05, 3.63) is 51.7 Å². The van der Waals surface area contributed by atoms with Gasteiger partial charge in [0.05, 0.1) is 20.8 Å². The normalized spacial score (nSPS) is 10.8. The minimum absolute atomic E-state index is 0.0420. The first-order valence-electron chi connectivity index (χ1n) is 7.22. The molecule has 0 saturated heterocycles. The van der Waals surface area contributed by atoms with Gasteiger partial charge in [-0.3, -0.25) is 4.79 Å². The fourth-order valence-electron chi connectivity index (χ4n) is 2.08. The van der Waals surface area contributed by atoms with Crippen molar-refractivity contribution in [1.82, 2.24) is 4.90 Å². The Bertz CT molecular complexity index is 684. The molecule has 2 rings (SSSR count). The van der Waals surface area contributed by atoms with Crippen LogP contribution in [-0.4, -0.2) is 32.1 Å². The highest BCUT2D eigenvalue weighted by atomic mass is 32.1. The van der Waals surface area contributed by atoms with Gasteiger partial charge in [0.15, 0.2) is 0 Å². The lowest BCUT2D eigenvalue weighted by atomic mass is 10.2. The second-order valence-corrected chi connectivity index (χ2v) is 6.20. The van der Waals surface area contributed by atoms with E-state index in [-0.39, 0.29) is 5.91 Å². The van der Waals surface area contributed by atoms with Gasteiger partial charge < -0.3 is 14.4 Å². The first-order valence-corrected chi connectivity index (χ1v) is 8.10. The highest BCUT2D eigenvalue weighted by molar-refractivity contribution is 7.10. The molecular weight excluding hydrogens is 310 g/mol. The highest BCUT2D eigenvalue weighted by Gasteiger charge is 2.09. The maximum atomic E-state index is 12.2. The Morgan fingerprint density at radius 3 is 2.39 bits per heavy atom. The van der Waals surface area contributed by atoms with Gasteiger partial charge in [0.1, 0.15) is 11.5 Å². The lowest BCUT2D eigenvalue weighted by Crippen LogP contribution is -2.23. The van der Waals surface area contributed by atoms with Gasteiger partial charge in [-0.15, -0.1) is 11.3 Å². The molecule has 0 bridgehead atoms. The summed E-state index contributed by atoms with van der Waals surface area (Å²) < 4.78 is 10.5. The zero-order valence-electron chi connectivity index (χ0n) is 13.8. The summed E-state index contributed by atoms with van der Waals surface area (Å²) in [5.41, 5.74) is 2.08. The highest BCUT2D eigenvalue weighted by Crippen LogP contribution is 2.23. The summed E-state index contributed by atoms with van der Waals surface area (Å²) in [6, 6.07) is 7.58. The molecule has 1 aromatic carbocycles. The van der Waals surface area contributed by atoms with Crippen molar-refractivity contribution in [1.29, 1.82) is 0 Å². The smallest absolute Gasteiger partial charge is 0.246 e. The third-order valence-electron chi connectivity index (χ3n) is 3.52. The first kappa shape index (κ1) is 17.1. The summed E-state index contributed by atoms with van der Waals surface area (Å²) in [4.78, 5) is 15.2. The van der Waals surface area contributed by atoms with Crippen molar-refractivity contribution in [3.63, 3.8) is 0 Å². The van der Waals surface area contributed by atoms with E-state index in [4.69, 9.17) is 9.47 Å². The Kier molecular flexibility index (Phi) is 5.82. The number of carbonyl (C=O) groups is 1. The van der Waals surface area contributed by atoms with Crippen LogP contribution in [0, 0.1) is 6.92 Å². The van der Waals surface area contributed by atoms with Gasteiger partial charge in [-0.05, 0) is 47.7 Å². The van der Waals surface area contributed by atoms with Crippen molar-refractivity contribution in [2.75, 3.05) is 21.3 Å². The largest absolute Gasteiger partial charge is 0.497 e. The molecule has 0 N–H and O–H groups in total. The van der Waals surface area contributed by atoms with Crippen LogP contribution in [0.3, 0.4) is 0 Å². The number of likely N-dealkylation sites (N-methyl/N-ethyl adjacent to an activating group) is 1. The number of hydrogen-bond donors (Lipinski definition) is 0. The number of hydrogen-bond acceptors (Lipinski definition) is 4. The maximum Gasteiger partial charge on any atom is 0.246 e. The van der Waals surface area contributed by atoms with Gasteiger partial charge in [-0.25, -0.2) is 0 Å². The summed E-state index contributed by atoms with van der Waals surface area (Å²) in [7, 11) is 5.01. The standard InChI is InChI=1S/C18H21NO3S/c1-13-7-8-23-17(13)12-19(2)18(20)6-5-14-9-15(21-3)11-16(10-14)22-4/h5-11H,12H2,1-4H3/b6-5+. The van der Waals surface area contributed by atoms with Crippen LogP contribution >= 0.6 is 11.3 Å². The predicted molar refractivity (Wildman–Crippen MR) is 94.1 cm³/mol. The molecule has 0 aliphatic carbocycles. The summed E-state index contributed by atoms with van der Waals surface area (Å²) in [6.45, 7) is 2.68. The van der Waals surface area contributed by atoms with Crippen LogP contribution in [-0.2, 0) is 11.3 Å². The quantitative estimate of drug-likeness (QED) is 0.757. The van der Waals surface area contributed by atoms with Crippen LogP contribution in [0.1, 0.15) is 16.0 Å². The molecule has 23 heavy (non-hydrogen) atoms. The average Bonchev–Trinajstić information content (AvgIpc) is 2.96. The van der Waals surface area contributed by atoms with Crippen LogP contribution < -0.4 is 9.47 Å². The molecule has 0 aliphatic heterocycles. The van der Waals surface area contributed by atoms with Crippen LogP contribution in [0.5, 0.6) is 11.5 Å². The number of amides is 1. The van der Waals surface area contributed by atoms with E-state index in [1.807, 2.05) is 17.5 Å². The molecule has 1 heterocycles. The van der Waals surface area contributed by atoms with Gasteiger partial charge in [-0.2, -0.15) is 0 Å². The Hall–Kier alpha value is -2.27. The molecule has 0 spiro atoms. The van der Waals surface area contributed by atoms with E-state index in [1.165, 1.54) is 10.4 Å².